The number of methoxy groups -OCH3 is 1. The number of carbonyl (C=O) groups excluding carboxylic acids is 2. The van der Waals surface area contributed by atoms with Gasteiger partial charge in [-0.1, -0.05) is 60.1 Å². The molecule has 0 bridgehead atoms. The van der Waals surface area contributed by atoms with Crippen LogP contribution >= 0.6 is 15.9 Å². The van der Waals surface area contributed by atoms with Crippen LogP contribution in [0, 0.1) is 5.92 Å². The van der Waals surface area contributed by atoms with Gasteiger partial charge in [-0.2, -0.15) is 0 Å². The summed E-state index contributed by atoms with van der Waals surface area (Å²) in [5.74, 6) is 0.889. The fourth-order valence-corrected chi connectivity index (χ4v) is 5.05. The summed E-state index contributed by atoms with van der Waals surface area (Å²) < 4.78 is 6.71. The molecule has 0 aliphatic carbocycles. The summed E-state index contributed by atoms with van der Waals surface area (Å²) in [5, 5.41) is 8.37. The van der Waals surface area contributed by atoms with Gasteiger partial charge in [-0.25, -0.2) is 0 Å². The molecule has 1 aliphatic heterocycles. The normalized spacial score (nSPS) is 16.6. The van der Waals surface area contributed by atoms with Crippen LogP contribution in [0.3, 0.4) is 0 Å². The molecule has 0 aromatic heterocycles. The summed E-state index contributed by atoms with van der Waals surface area (Å²) >= 11 is 3.55. The Bertz CT molecular complexity index is 1260. The zero-order chi connectivity index (χ0) is 25.8. The highest BCUT2D eigenvalue weighted by atomic mass is 79.9. The third kappa shape index (κ3) is 5.73. The van der Waals surface area contributed by atoms with E-state index in [1.807, 2.05) is 49.4 Å². The predicted octanol–water partition coefficient (Wildman–Crippen LogP) is 5.21. The molecule has 7 heteroatoms. The summed E-state index contributed by atoms with van der Waals surface area (Å²) in [5.41, 5.74) is 2.90. The maximum Gasteiger partial charge on any atom is 0.249 e. The Kier molecular flexibility index (Phi) is 8.32. The van der Waals surface area contributed by atoms with Crippen LogP contribution in [-0.4, -0.2) is 37.6 Å². The van der Waals surface area contributed by atoms with Crippen molar-refractivity contribution in [2.45, 2.75) is 52.2 Å². The zero-order valence-corrected chi connectivity index (χ0v) is 22.9. The molecule has 1 aliphatic rings. The molecule has 0 saturated heterocycles. The molecule has 2 amide bonds. The monoisotopic (exact) mass is 551 g/mol. The fourth-order valence-electron chi connectivity index (χ4n) is 4.67. The molecule has 190 valence electrons. The van der Waals surface area contributed by atoms with Crippen LogP contribution in [0.4, 0.5) is 5.69 Å². The Morgan fingerprint density at radius 2 is 1.92 bits per heavy atom. The van der Waals surface area contributed by atoms with Gasteiger partial charge in [0, 0.05) is 15.7 Å². The zero-order valence-electron chi connectivity index (χ0n) is 21.3. The summed E-state index contributed by atoms with van der Waals surface area (Å²) in [6.45, 7) is 7.11. The number of anilines is 1. The van der Waals surface area contributed by atoms with Crippen molar-refractivity contribution < 1.29 is 14.3 Å². The topological polar surface area (TPSA) is 70.7 Å². The molecule has 2 atom stereocenters. The van der Waals surface area contributed by atoms with Crippen LogP contribution in [-0.2, 0) is 22.6 Å². The van der Waals surface area contributed by atoms with Gasteiger partial charge < -0.3 is 20.3 Å². The standard InChI is InChI=1S/C29H34BrN3O3/c1-18(2)16-31-19(3)28(34)32-25-13-9-20-7-5-6-8-26(20)33(29(25)35)17-24-23-12-11-22(30)15-21(23)10-14-27(24)36-4/h5-8,10-12,14-15,18-19,25,31H,9,13,16-17H2,1-4H3,(H,32,34). The Balaban J connectivity index is 1.68. The molecule has 0 radical (unpaired) electrons. The lowest BCUT2D eigenvalue weighted by atomic mass is 10.0. The van der Waals surface area contributed by atoms with Crippen molar-refractivity contribution in [3.63, 3.8) is 0 Å². The van der Waals surface area contributed by atoms with Gasteiger partial charge in [-0.15, -0.1) is 0 Å². The summed E-state index contributed by atoms with van der Waals surface area (Å²) in [6.07, 6.45) is 1.26. The van der Waals surface area contributed by atoms with Crippen LogP contribution in [0.2, 0.25) is 0 Å². The molecule has 3 aromatic carbocycles. The molecule has 2 unspecified atom stereocenters. The highest BCUT2D eigenvalue weighted by Crippen LogP contribution is 2.35. The first-order valence-electron chi connectivity index (χ1n) is 12.5. The van der Waals surface area contributed by atoms with Gasteiger partial charge in [0.25, 0.3) is 0 Å². The van der Waals surface area contributed by atoms with Gasteiger partial charge in [0.1, 0.15) is 11.8 Å². The van der Waals surface area contributed by atoms with Gasteiger partial charge in [-0.3, -0.25) is 9.59 Å². The molecule has 3 aromatic rings. The summed E-state index contributed by atoms with van der Waals surface area (Å²) in [4.78, 5) is 28.7. The first-order chi connectivity index (χ1) is 17.3. The van der Waals surface area contributed by atoms with Crippen LogP contribution in [0.15, 0.2) is 59.1 Å². The van der Waals surface area contributed by atoms with E-state index >= 15 is 0 Å². The van der Waals surface area contributed by atoms with Gasteiger partial charge >= 0.3 is 0 Å². The van der Waals surface area contributed by atoms with Crippen molar-refractivity contribution in [2.75, 3.05) is 18.6 Å². The minimum absolute atomic E-state index is 0.111. The lowest BCUT2D eigenvalue weighted by Gasteiger charge is -2.28. The maximum atomic E-state index is 14.0. The predicted molar refractivity (Wildman–Crippen MR) is 148 cm³/mol. The lowest BCUT2D eigenvalue weighted by molar-refractivity contribution is -0.128. The number of hydrogen-bond acceptors (Lipinski definition) is 4. The number of hydrogen-bond donors (Lipinski definition) is 2. The van der Waals surface area contributed by atoms with Gasteiger partial charge in [-0.05, 0) is 72.8 Å². The first-order valence-corrected chi connectivity index (χ1v) is 13.3. The molecule has 36 heavy (non-hydrogen) atoms. The van der Waals surface area contributed by atoms with Crippen molar-refractivity contribution in [1.29, 1.82) is 0 Å². The third-order valence-corrected chi connectivity index (χ3v) is 7.17. The number of rotatable bonds is 8. The number of ether oxygens (including phenoxy) is 1. The van der Waals surface area contributed by atoms with E-state index < -0.39 is 6.04 Å². The number of aryl methyl sites for hydroxylation is 1. The molecular weight excluding hydrogens is 518 g/mol. The first kappa shape index (κ1) is 26.2. The van der Waals surface area contributed by atoms with Crippen LogP contribution in [0.1, 0.15) is 38.3 Å². The molecule has 0 spiro atoms. The largest absolute Gasteiger partial charge is 0.496 e. The number of para-hydroxylation sites is 1. The van der Waals surface area contributed by atoms with Gasteiger partial charge in [0.05, 0.1) is 19.7 Å². The molecule has 0 fully saturated rings. The Hall–Kier alpha value is -2.90. The number of nitrogens with one attached hydrogen (secondary N) is 2. The van der Waals surface area contributed by atoms with E-state index in [0.29, 0.717) is 25.3 Å². The van der Waals surface area contributed by atoms with E-state index in [1.165, 1.54) is 0 Å². The molecule has 0 saturated carbocycles. The summed E-state index contributed by atoms with van der Waals surface area (Å²) in [7, 11) is 1.65. The average molecular weight is 553 g/mol. The van der Waals surface area contributed by atoms with Crippen molar-refractivity contribution >= 4 is 44.2 Å². The second kappa shape index (κ2) is 11.4. The SMILES string of the molecule is COc1ccc2cc(Br)ccc2c1CN1C(=O)C(NC(=O)C(C)NCC(C)C)CCc2ccccc21. The van der Waals surface area contributed by atoms with E-state index in [9.17, 15) is 9.59 Å². The number of carbonyl (C=O) groups is 2. The molecule has 4 rings (SSSR count). The molecule has 1 heterocycles. The number of amides is 2. The van der Waals surface area contributed by atoms with Crippen LogP contribution in [0.5, 0.6) is 5.75 Å². The number of benzene rings is 3. The molecular formula is C29H34BrN3O3. The summed E-state index contributed by atoms with van der Waals surface area (Å²) in [6, 6.07) is 17.1. The second-order valence-electron chi connectivity index (χ2n) is 9.79. The van der Waals surface area contributed by atoms with E-state index in [-0.39, 0.29) is 17.9 Å². The smallest absolute Gasteiger partial charge is 0.249 e. The Morgan fingerprint density at radius 3 is 2.67 bits per heavy atom. The minimum Gasteiger partial charge on any atom is -0.496 e. The number of nitrogens with zero attached hydrogens (tertiary/aromatic N) is 1. The number of halogens is 1. The van der Waals surface area contributed by atoms with E-state index in [4.69, 9.17) is 4.74 Å². The highest BCUT2D eigenvalue weighted by molar-refractivity contribution is 9.10. The van der Waals surface area contributed by atoms with Gasteiger partial charge in [0.2, 0.25) is 11.8 Å². The molecule has 2 N–H and O–H groups in total. The number of fused-ring (bicyclic) bond motifs is 2. The van der Waals surface area contributed by atoms with Crippen molar-refractivity contribution in [3.05, 3.63) is 70.2 Å². The van der Waals surface area contributed by atoms with E-state index in [1.54, 1.807) is 12.0 Å². The maximum absolute atomic E-state index is 14.0. The lowest BCUT2D eigenvalue weighted by Crippen LogP contribution is -2.52. The van der Waals surface area contributed by atoms with Crippen LogP contribution < -0.4 is 20.3 Å². The van der Waals surface area contributed by atoms with Gasteiger partial charge in [0.15, 0.2) is 0 Å². The highest BCUT2D eigenvalue weighted by Gasteiger charge is 2.33. The Morgan fingerprint density at radius 1 is 1.14 bits per heavy atom. The van der Waals surface area contributed by atoms with Crippen molar-refractivity contribution in [3.8, 4) is 5.75 Å². The molecule has 6 nitrogen and oxygen atoms in total. The quantitative estimate of drug-likeness (QED) is 0.403. The Labute approximate surface area is 221 Å². The third-order valence-electron chi connectivity index (χ3n) is 6.68. The van der Waals surface area contributed by atoms with E-state index in [0.717, 1.165) is 44.4 Å². The minimum atomic E-state index is -0.608. The average Bonchev–Trinajstić information content (AvgIpc) is 2.99. The van der Waals surface area contributed by atoms with Crippen molar-refractivity contribution in [2.24, 2.45) is 5.92 Å². The van der Waals surface area contributed by atoms with Crippen molar-refractivity contribution in [1.82, 2.24) is 10.6 Å². The van der Waals surface area contributed by atoms with Crippen LogP contribution in [0.25, 0.3) is 10.8 Å². The second-order valence-corrected chi connectivity index (χ2v) is 10.7. The van der Waals surface area contributed by atoms with E-state index in [2.05, 4.69) is 52.5 Å². The fraction of sp³-hybridized carbons (Fsp3) is 0.379.